The lowest BCUT2D eigenvalue weighted by Crippen LogP contribution is -2.27. The molecule has 0 aliphatic carbocycles. The van der Waals surface area contributed by atoms with Crippen LogP contribution in [0.1, 0.15) is 35.5 Å². The van der Waals surface area contributed by atoms with Gasteiger partial charge in [0.1, 0.15) is 0 Å². The van der Waals surface area contributed by atoms with Crippen molar-refractivity contribution in [2.75, 3.05) is 6.54 Å². The monoisotopic (exact) mass is 380 g/mol. The number of carbonyl (C=O) groups excluding carboxylic acids is 1. The first-order valence-corrected chi connectivity index (χ1v) is 9.58. The number of halogens is 1. The lowest BCUT2D eigenvalue weighted by Gasteiger charge is -2.15. The summed E-state index contributed by atoms with van der Waals surface area (Å²) >= 11 is 6.07. The van der Waals surface area contributed by atoms with Gasteiger partial charge < -0.3 is 9.88 Å². The fraction of sp³-hybridized carbons (Fsp3) is 0.261. The van der Waals surface area contributed by atoms with E-state index < -0.39 is 0 Å². The maximum absolute atomic E-state index is 12.8. The maximum atomic E-state index is 12.8. The number of nitrogens with one attached hydrogen (secondary N) is 1. The predicted molar refractivity (Wildman–Crippen MR) is 113 cm³/mol. The van der Waals surface area contributed by atoms with Crippen molar-refractivity contribution in [2.45, 2.75) is 27.7 Å². The minimum atomic E-state index is -0.0382. The minimum Gasteiger partial charge on any atom is -0.352 e. The molecule has 0 radical (unpaired) electrons. The Morgan fingerprint density at radius 2 is 1.74 bits per heavy atom. The molecule has 0 atom stereocenters. The number of hydrogen-bond acceptors (Lipinski definition) is 1. The molecule has 0 spiro atoms. The van der Waals surface area contributed by atoms with E-state index >= 15 is 0 Å². The second-order valence-corrected chi connectivity index (χ2v) is 7.70. The molecular formula is C23H25ClN2O. The van der Waals surface area contributed by atoms with Gasteiger partial charge in [0.15, 0.2) is 0 Å². The Labute approximate surface area is 166 Å². The first-order chi connectivity index (χ1) is 12.9. The summed E-state index contributed by atoms with van der Waals surface area (Å²) in [6.07, 6.45) is 0. The first-order valence-electron chi connectivity index (χ1n) is 9.21. The number of aromatic nitrogens is 1. The fourth-order valence-corrected chi connectivity index (χ4v) is 3.31. The molecule has 0 saturated heterocycles. The molecule has 3 nitrogen and oxygen atoms in total. The van der Waals surface area contributed by atoms with Crippen LogP contribution in [-0.4, -0.2) is 17.0 Å². The number of para-hydroxylation sites is 1. The van der Waals surface area contributed by atoms with Gasteiger partial charge in [0.2, 0.25) is 0 Å². The summed E-state index contributed by atoms with van der Waals surface area (Å²) in [5.41, 5.74) is 5.85. The number of carbonyl (C=O) groups is 1. The van der Waals surface area contributed by atoms with E-state index in [-0.39, 0.29) is 5.91 Å². The summed E-state index contributed by atoms with van der Waals surface area (Å²) in [5, 5.41) is 3.73. The van der Waals surface area contributed by atoms with Crippen molar-refractivity contribution >= 4 is 17.5 Å². The molecule has 27 heavy (non-hydrogen) atoms. The van der Waals surface area contributed by atoms with Crippen LogP contribution in [0, 0.1) is 19.8 Å². The Hall–Kier alpha value is -2.52. The zero-order chi connectivity index (χ0) is 19.6. The third-order valence-electron chi connectivity index (χ3n) is 4.66. The van der Waals surface area contributed by atoms with Gasteiger partial charge >= 0.3 is 0 Å². The molecule has 2 aromatic carbocycles. The third kappa shape index (κ3) is 4.09. The van der Waals surface area contributed by atoms with Gasteiger partial charge in [-0.15, -0.1) is 0 Å². The third-order valence-corrected chi connectivity index (χ3v) is 4.91. The Morgan fingerprint density at radius 3 is 2.37 bits per heavy atom. The van der Waals surface area contributed by atoms with E-state index in [1.807, 2.05) is 49.4 Å². The van der Waals surface area contributed by atoms with Crippen molar-refractivity contribution in [2.24, 2.45) is 5.92 Å². The quantitative estimate of drug-likeness (QED) is 0.596. The van der Waals surface area contributed by atoms with Crippen LogP contribution in [0.3, 0.4) is 0 Å². The molecular weight excluding hydrogens is 356 g/mol. The molecule has 0 bridgehead atoms. The van der Waals surface area contributed by atoms with E-state index in [1.54, 1.807) is 0 Å². The number of nitrogens with zero attached hydrogens (tertiary/aromatic N) is 1. The molecule has 0 aliphatic rings. The van der Waals surface area contributed by atoms with Gasteiger partial charge in [0, 0.05) is 22.9 Å². The van der Waals surface area contributed by atoms with E-state index in [2.05, 4.69) is 42.8 Å². The Balaban J connectivity index is 2.16. The van der Waals surface area contributed by atoms with Gasteiger partial charge in [-0.05, 0) is 55.2 Å². The smallest absolute Gasteiger partial charge is 0.253 e. The van der Waals surface area contributed by atoms with Crippen LogP contribution in [0.4, 0.5) is 0 Å². The summed E-state index contributed by atoms with van der Waals surface area (Å²) in [5.74, 6) is 0.368. The van der Waals surface area contributed by atoms with Gasteiger partial charge in [-0.3, -0.25) is 4.79 Å². The summed E-state index contributed by atoms with van der Waals surface area (Å²) in [6.45, 7) is 8.91. The van der Waals surface area contributed by atoms with E-state index in [0.29, 0.717) is 23.0 Å². The molecule has 0 fully saturated rings. The highest BCUT2D eigenvalue weighted by Crippen LogP contribution is 2.31. The highest BCUT2D eigenvalue weighted by Gasteiger charge is 2.20. The molecule has 3 rings (SSSR count). The molecule has 0 saturated carbocycles. The van der Waals surface area contributed by atoms with Crippen LogP contribution in [0.2, 0.25) is 5.02 Å². The summed E-state index contributed by atoms with van der Waals surface area (Å²) in [6, 6.07) is 17.9. The molecule has 3 aromatic rings. The van der Waals surface area contributed by atoms with Gasteiger partial charge in [-0.25, -0.2) is 0 Å². The average Bonchev–Trinajstić information content (AvgIpc) is 2.98. The van der Waals surface area contributed by atoms with Crippen LogP contribution < -0.4 is 5.32 Å². The van der Waals surface area contributed by atoms with Crippen molar-refractivity contribution in [3.05, 3.63) is 76.4 Å². The lowest BCUT2D eigenvalue weighted by molar-refractivity contribution is 0.0948. The highest BCUT2D eigenvalue weighted by atomic mass is 35.5. The SMILES string of the molecule is Cc1ccccc1-n1c(-c2ccc(Cl)cc2)cc(C(=O)NCC(C)C)c1C. The fourth-order valence-electron chi connectivity index (χ4n) is 3.19. The number of benzene rings is 2. The normalized spacial score (nSPS) is 11.0. The van der Waals surface area contributed by atoms with E-state index in [0.717, 1.165) is 28.2 Å². The molecule has 1 heterocycles. The number of hydrogen-bond donors (Lipinski definition) is 1. The second kappa shape index (κ2) is 8.01. The Bertz CT molecular complexity index is 955. The van der Waals surface area contributed by atoms with Crippen LogP contribution in [0.5, 0.6) is 0 Å². The summed E-state index contributed by atoms with van der Waals surface area (Å²) in [4.78, 5) is 12.8. The molecule has 1 N–H and O–H groups in total. The second-order valence-electron chi connectivity index (χ2n) is 7.26. The molecule has 0 unspecified atom stereocenters. The zero-order valence-corrected chi connectivity index (χ0v) is 17.0. The largest absolute Gasteiger partial charge is 0.352 e. The van der Waals surface area contributed by atoms with Crippen molar-refractivity contribution in [1.82, 2.24) is 9.88 Å². The van der Waals surface area contributed by atoms with Gasteiger partial charge in [-0.2, -0.15) is 0 Å². The van der Waals surface area contributed by atoms with Crippen LogP contribution in [-0.2, 0) is 0 Å². The Kier molecular flexibility index (Phi) is 5.71. The molecule has 140 valence electrons. The molecule has 1 aromatic heterocycles. The van der Waals surface area contributed by atoms with Gasteiger partial charge in [0.25, 0.3) is 5.91 Å². The van der Waals surface area contributed by atoms with Gasteiger partial charge in [0.05, 0.1) is 11.3 Å². The van der Waals surface area contributed by atoms with Crippen molar-refractivity contribution in [3.63, 3.8) is 0 Å². The van der Waals surface area contributed by atoms with Gasteiger partial charge in [-0.1, -0.05) is 55.8 Å². The zero-order valence-electron chi connectivity index (χ0n) is 16.2. The number of amides is 1. The number of aryl methyl sites for hydroxylation is 1. The molecule has 4 heteroatoms. The predicted octanol–water partition coefficient (Wildman–Crippen LogP) is 5.80. The summed E-state index contributed by atoms with van der Waals surface area (Å²) in [7, 11) is 0. The maximum Gasteiger partial charge on any atom is 0.253 e. The molecule has 1 amide bonds. The Morgan fingerprint density at radius 1 is 1.07 bits per heavy atom. The van der Waals surface area contributed by atoms with Crippen LogP contribution in [0.25, 0.3) is 16.9 Å². The minimum absolute atomic E-state index is 0.0382. The van der Waals surface area contributed by atoms with E-state index in [1.165, 1.54) is 0 Å². The summed E-state index contributed by atoms with van der Waals surface area (Å²) < 4.78 is 2.16. The van der Waals surface area contributed by atoms with Crippen LogP contribution >= 0.6 is 11.6 Å². The van der Waals surface area contributed by atoms with Crippen LogP contribution in [0.15, 0.2) is 54.6 Å². The van der Waals surface area contributed by atoms with E-state index in [9.17, 15) is 4.79 Å². The van der Waals surface area contributed by atoms with Crippen molar-refractivity contribution in [3.8, 4) is 16.9 Å². The first kappa shape index (κ1) is 19.2. The lowest BCUT2D eigenvalue weighted by atomic mass is 10.1. The van der Waals surface area contributed by atoms with Crippen molar-refractivity contribution in [1.29, 1.82) is 0 Å². The number of rotatable bonds is 5. The average molecular weight is 381 g/mol. The highest BCUT2D eigenvalue weighted by molar-refractivity contribution is 6.30. The topological polar surface area (TPSA) is 34.0 Å². The standard InChI is InChI=1S/C23H25ClN2O/c1-15(2)14-25-23(27)20-13-22(18-9-11-19(24)12-10-18)26(17(20)4)21-8-6-5-7-16(21)3/h5-13,15H,14H2,1-4H3,(H,25,27). The van der Waals surface area contributed by atoms with E-state index in [4.69, 9.17) is 11.6 Å². The van der Waals surface area contributed by atoms with Crippen molar-refractivity contribution < 1.29 is 4.79 Å². The molecule has 0 aliphatic heterocycles.